The summed E-state index contributed by atoms with van der Waals surface area (Å²) in [6.07, 6.45) is 2.86. The zero-order valence-electron chi connectivity index (χ0n) is 12.2. The van der Waals surface area contributed by atoms with Crippen molar-refractivity contribution in [2.75, 3.05) is 33.3 Å². The molecule has 110 valence electrons. The number of likely N-dealkylation sites (tertiary alicyclic amines) is 1. The van der Waals surface area contributed by atoms with Crippen LogP contribution in [0.5, 0.6) is 5.75 Å². The van der Waals surface area contributed by atoms with E-state index in [2.05, 4.69) is 17.3 Å². The van der Waals surface area contributed by atoms with E-state index >= 15 is 0 Å². The van der Waals surface area contributed by atoms with Crippen LogP contribution in [0.3, 0.4) is 0 Å². The van der Waals surface area contributed by atoms with Gasteiger partial charge in [-0.15, -0.1) is 0 Å². The number of carbonyl (C=O) groups is 1. The summed E-state index contributed by atoms with van der Waals surface area (Å²) in [6, 6.07) is 9.59. The Morgan fingerprint density at radius 2 is 2.20 bits per heavy atom. The second-order valence-electron chi connectivity index (χ2n) is 5.49. The number of carbonyl (C=O) groups excluding carboxylic acids is 1. The monoisotopic (exact) mass is 276 g/mol. The molecule has 1 aliphatic rings. The van der Waals surface area contributed by atoms with Crippen LogP contribution in [0.25, 0.3) is 0 Å². The maximum absolute atomic E-state index is 11.8. The van der Waals surface area contributed by atoms with Crippen LogP contribution in [-0.4, -0.2) is 44.1 Å². The van der Waals surface area contributed by atoms with E-state index < -0.39 is 0 Å². The molecule has 0 spiro atoms. The Kier molecular flexibility index (Phi) is 5.87. The highest BCUT2D eigenvalue weighted by molar-refractivity contribution is 5.75. The number of piperidine rings is 1. The summed E-state index contributed by atoms with van der Waals surface area (Å²) < 4.78 is 5.52. The normalized spacial score (nSPS) is 19.6. The van der Waals surface area contributed by atoms with E-state index in [9.17, 15) is 4.79 Å². The second-order valence-corrected chi connectivity index (χ2v) is 5.49. The molecule has 1 saturated heterocycles. The van der Waals surface area contributed by atoms with Gasteiger partial charge in [-0.05, 0) is 44.5 Å². The van der Waals surface area contributed by atoms with Gasteiger partial charge in [-0.1, -0.05) is 18.2 Å². The van der Waals surface area contributed by atoms with Gasteiger partial charge < -0.3 is 15.0 Å². The molecule has 1 aromatic carbocycles. The fraction of sp³-hybridized carbons (Fsp3) is 0.562. The predicted molar refractivity (Wildman–Crippen MR) is 79.8 cm³/mol. The fourth-order valence-corrected chi connectivity index (χ4v) is 2.56. The van der Waals surface area contributed by atoms with Crippen molar-refractivity contribution in [1.82, 2.24) is 10.2 Å². The van der Waals surface area contributed by atoms with Crippen molar-refractivity contribution < 1.29 is 9.53 Å². The number of rotatable bonds is 6. The molecule has 0 unspecified atom stereocenters. The van der Waals surface area contributed by atoms with E-state index in [-0.39, 0.29) is 5.91 Å². The van der Waals surface area contributed by atoms with Gasteiger partial charge in [-0.3, -0.25) is 4.79 Å². The molecular formula is C16H24N2O2. The van der Waals surface area contributed by atoms with Gasteiger partial charge in [0.15, 0.2) is 0 Å². The van der Waals surface area contributed by atoms with Gasteiger partial charge in [0.2, 0.25) is 5.91 Å². The van der Waals surface area contributed by atoms with Crippen molar-refractivity contribution >= 4 is 5.91 Å². The largest absolute Gasteiger partial charge is 0.493 e. The van der Waals surface area contributed by atoms with Crippen LogP contribution in [0.4, 0.5) is 0 Å². The van der Waals surface area contributed by atoms with Crippen molar-refractivity contribution in [1.29, 1.82) is 0 Å². The zero-order chi connectivity index (χ0) is 14.2. The number of benzene rings is 1. The standard InChI is InChI=1S/C16H24N2O2/c1-18-10-5-6-14(13-18)12-17-16(19)9-11-20-15-7-3-2-4-8-15/h2-4,7-8,14H,5-6,9-13H2,1H3,(H,17,19)/t14-/m0/s1. The molecule has 1 aromatic rings. The molecule has 0 bridgehead atoms. The van der Waals surface area contributed by atoms with E-state index in [1.54, 1.807) is 0 Å². The molecular weight excluding hydrogens is 252 g/mol. The lowest BCUT2D eigenvalue weighted by molar-refractivity contribution is -0.121. The Balaban J connectivity index is 1.58. The summed E-state index contributed by atoms with van der Waals surface area (Å²) in [6.45, 7) is 3.48. The summed E-state index contributed by atoms with van der Waals surface area (Å²) >= 11 is 0. The summed E-state index contributed by atoms with van der Waals surface area (Å²) in [4.78, 5) is 14.1. The topological polar surface area (TPSA) is 41.6 Å². The van der Waals surface area contributed by atoms with Gasteiger partial charge in [-0.2, -0.15) is 0 Å². The highest BCUT2D eigenvalue weighted by Gasteiger charge is 2.17. The number of nitrogens with one attached hydrogen (secondary N) is 1. The van der Waals surface area contributed by atoms with E-state index in [1.807, 2.05) is 30.3 Å². The van der Waals surface area contributed by atoms with E-state index in [4.69, 9.17) is 4.74 Å². The number of hydrogen-bond acceptors (Lipinski definition) is 3. The molecule has 0 saturated carbocycles. The van der Waals surface area contributed by atoms with Crippen LogP contribution in [0, 0.1) is 5.92 Å². The SMILES string of the molecule is CN1CCC[C@@H](CNC(=O)CCOc2ccccc2)C1. The molecule has 1 N–H and O–H groups in total. The lowest BCUT2D eigenvalue weighted by Crippen LogP contribution is -2.39. The smallest absolute Gasteiger partial charge is 0.223 e. The van der Waals surface area contributed by atoms with Gasteiger partial charge in [0.05, 0.1) is 13.0 Å². The first kappa shape index (κ1) is 14.9. The Hall–Kier alpha value is -1.55. The fourth-order valence-electron chi connectivity index (χ4n) is 2.56. The van der Waals surface area contributed by atoms with Gasteiger partial charge in [-0.25, -0.2) is 0 Å². The first-order chi connectivity index (χ1) is 9.74. The lowest BCUT2D eigenvalue weighted by Gasteiger charge is -2.29. The molecule has 20 heavy (non-hydrogen) atoms. The Labute approximate surface area is 121 Å². The predicted octanol–water partition coefficient (Wildman–Crippen LogP) is 1.91. The minimum atomic E-state index is 0.0779. The second kappa shape index (κ2) is 7.90. The molecule has 1 fully saturated rings. The molecule has 0 aliphatic carbocycles. The van der Waals surface area contributed by atoms with Crippen LogP contribution in [0.15, 0.2) is 30.3 Å². The maximum Gasteiger partial charge on any atom is 0.223 e. The molecule has 0 aromatic heterocycles. The Bertz CT molecular complexity index is 408. The van der Waals surface area contributed by atoms with E-state index in [0.717, 1.165) is 18.8 Å². The lowest BCUT2D eigenvalue weighted by atomic mass is 9.98. The van der Waals surface area contributed by atoms with Crippen molar-refractivity contribution in [3.05, 3.63) is 30.3 Å². The third-order valence-electron chi connectivity index (χ3n) is 3.65. The molecule has 1 atom stereocenters. The average Bonchev–Trinajstić information content (AvgIpc) is 2.46. The Morgan fingerprint density at radius 1 is 1.40 bits per heavy atom. The first-order valence-corrected chi connectivity index (χ1v) is 7.37. The van der Waals surface area contributed by atoms with Gasteiger partial charge >= 0.3 is 0 Å². The molecule has 4 nitrogen and oxygen atoms in total. The number of amides is 1. The molecule has 1 heterocycles. The molecule has 4 heteroatoms. The maximum atomic E-state index is 11.8. The average molecular weight is 276 g/mol. The highest BCUT2D eigenvalue weighted by Crippen LogP contribution is 2.14. The minimum absolute atomic E-state index is 0.0779. The zero-order valence-corrected chi connectivity index (χ0v) is 12.2. The quantitative estimate of drug-likeness (QED) is 0.863. The van der Waals surface area contributed by atoms with Crippen LogP contribution in [-0.2, 0) is 4.79 Å². The van der Waals surface area contributed by atoms with Crippen LogP contribution < -0.4 is 10.1 Å². The van der Waals surface area contributed by atoms with Crippen molar-refractivity contribution in [3.8, 4) is 5.75 Å². The van der Waals surface area contributed by atoms with Gasteiger partial charge in [0, 0.05) is 13.1 Å². The summed E-state index contributed by atoms with van der Waals surface area (Å²) in [5.41, 5.74) is 0. The van der Waals surface area contributed by atoms with Gasteiger partial charge in [0.25, 0.3) is 0 Å². The summed E-state index contributed by atoms with van der Waals surface area (Å²) in [5.74, 6) is 1.48. The molecule has 2 rings (SSSR count). The van der Waals surface area contributed by atoms with Crippen LogP contribution >= 0.6 is 0 Å². The number of para-hydroxylation sites is 1. The van der Waals surface area contributed by atoms with Crippen molar-refractivity contribution in [2.24, 2.45) is 5.92 Å². The van der Waals surface area contributed by atoms with E-state index in [0.29, 0.717) is 18.9 Å². The van der Waals surface area contributed by atoms with E-state index in [1.165, 1.54) is 19.4 Å². The molecule has 0 radical (unpaired) electrons. The summed E-state index contributed by atoms with van der Waals surface area (Å²) in [7, 11) is 2.14. The van der Waals surface area contributed by atoms with Gasteiger partial charge in [0.1, 0.15) is 5.75 Å². The Morgan fingerprint density at radius 3 is 2.95 bits per heavy atom. The first-order valence-electron chi connectivity index (χ1n) is 7.37. The number of nitrogens with zero attached hydrogens (tertiary/aromatic N) is 1. The van der Waals surface area contributed by atoms with Crippen molar-refractivity contribution in [2.45, 2.75) is 19.3 Å². The third-order valence-corrected chi connectivity index (χ3v) is 3.65. The van der Waals surface area contributed by atoms with Crippen LogP contribution in [0.2, 0.25) is 0 Å². The van der Waals surface area contributed by atoms with Crippen molar-refractivity contribution in [3.63, 3.8) is 0 Å². The minimum Gasteiger partial charge on any atom is -0.493 e. The molecule has 1 amide bonds. The summed E-state index contributed by atoms with van der Waals surface area (Å²) in [5, 5.41) is 3.01. The third kappa shape index (κ3) is 5.21. The molecule has 1 aliphatic heterocycles. The number of ether oxygens (including phenoxy) is 1. The van der Waals surface area contributed by atoms with Crippen LogP contribution in [0.1, 0.15) is 19.3 Å². The highest BCUT2D eigenvalue weighted by atomic mass is 16.5. The number of hydrogen-bond donors (Lipinski definition) is 1.